The maximum atomic E-state index is 12.4. The third-order valence-electron chi connectivity index (χ3n) is 4.20. The van der Waals surface area contributed by atoms with E-state index in [1.165, 1.54) is 26.2 Å². The van der Waals surface area contributed by atoms with Crippen molar-refractivity contribution in [3.8, 4) is 11.5 Å². The van der Waals surface area contributed by atoms with Crippen molar-refractivity contribution in [2.75, 3.05) is 25.2 Å². The highest BCUT2D eigenvalue weighted by molar-refractivity contribution is 7.91. The largest absolute Gasteiger partial charge is 0.493 e. The lowest BCUT2D eigenvalue weighted by atomic mass is 10.2. The van der Waals surface area contributed by atoms with E-state index >= 15 is 0 Å². The quantitative estimate of drug-likeness (QED) is 0.645. The Morgan fingerprint density at radius 1 is 1.21 bits per heavy atom. The first-order valence-corrected chi connectivity index (χ1v) is 11.0. The Morgan fingerprint density at radius 3 is 2.50 bits per heavy atom. The Labute approximate surface area is 165 Å². The summed E-state index contributed by atoms with van der Waals surface area (Å²) in [5, 5.41) is 2.61. The van der Waals surface area contributed by atoms with E-state index in [0.29, 0.717) is 30.4 Å². The van der Waals surface area contributed by atoms with Crippen molar-refractivity contribution >= 4 is 21.7 Å². The van der Waals surface area contributed by atoms with E-state index in [2.05, 4.69) is 5.32 Å². The van der Waals surface area contributed by atoms with Crippen molar-refractivity contribution in [1.29, 1.82) is 0 Å². The van der Waals surface area contributed by atoms with E-state index < -0.39 is 33.9 Å². The summed E-state index contributed by atoms with van der Waals surface area (Å²) in [6.45, 7) is 5.99. The molecular formula is C19H27NO7S. The van der Waals surface area contributed by atoms with Crippen LogP contribution in [-0.4, -0.2) is 57.7 Å². The van der Waals surface area contributed by atoms with Gasteiger partial charge < -0.3 is 19.5 Å². The standard InChI is InChI=1S/C19H27NO7S/c1-12(2)10-26-16-6-5-14(9-17(16)25-4)19(22)27-13(3)18(21)20-15-7-8-28(23,24)11-15/h5-6,9,12-13,15H,7-8,10-11H2,1-4H3,(H,20,21)/t13-,15-/m0/s1. The lowest BCUT2D eigenvalue weighted by Gasteiger charge is -2.17. The van der Waals surface area contributed by atoms with Crippen molar-refractivity contribution in [3.63, 3.8) is 0 Å². The molecule has 1 aromatic rings. The van der Waals surface area contributed by atoms with Crippen LogP contribution in [0.25, 0.3) is 0 Å². The van der Waals surface area contributed by atoms with Gasteiger partial charge in [-0.1, -0.05) is 13.8 Å². The molecule has 1 saturated heterocycles. The van der Waals surface area contributed by atoms with Crippen LogP contribution >= 0.6 is 0 Å². The normalized spacial score (nSPS) is 19.1. The monoisotopic (exact) mass is 413 g/mol. The molecular weight excluding hydrogens is 386 g/mol. The van der Waals surface area contributed by atoms with Crippen LogP contribution in [0.5, 0.6) is 11.5 Å². The molecule has 2 atom stereocenters. The third-order valence-corrected chi connectivity index (χ3v) is 5.97. The first-order chi connectivity index (χ1) is 13.1. The summed E-state index contributed by atoms with van der Waals surface area (Å²) in [6, 6.07) is 4.20. The van der Waals surface area contributed by atoms with Gasteiger partial charge in [0.25, 0.3) is 5.91 Å². The van der Waals surface area contributed by atoms with Crippen LogP contribution in [0.3, 0.4) is 0 Å². The number of esters is 1. The zero-order chi connectivity index (χ0) is 20.9. The fourth-order valence-corrected chi connectivity index (χ4v) is 4.35. The van der Waals surface area contributed by atoms with Gasteiger partial charge in [-0.25, -0.2) is 13.2 Å². The molecule has 0 aromatic heterocycles. The van der Waals surface area contributed by atoms with Crippen molar-refractivity contribution in [1.82, 2.24) is 5.32 Å². The van der Waals surface area contributed by atoms with Crippen LogP contribution in [0, 0.1) is 5.92 Å². The number of methoxy groups -OCH3 is 1. The number of amides is 1. The molecule has 1 amide bonds. The minimum Gasteiger partial charge on any atom is -0.493 e. The Morgan fingerprint density at radius 2 is 1.93 bits per heavy atom. The number of hydrogen-bond acceptors (Lipinski definition) is 7. The van der Waals surface area contributed by atoms with Crippen LogP contribution in [0.1, 0.15) is 37.6 Å². The molecule has 8 nitrogen and oxygen atoms in total. The Bertz CT molecular complexity index is 820. The fourth-order valence-electron chi connectivity index (χ4n) is 2.68. The Hall–Kier alpha value is -2.29. The molecule has 1 fully saturated rings. The molecule has 0 radical (unpaired) electrons. The Balaban J connectivity index is 1.96. The molecule has 0 unspecified atom stereocenters. The second-order valence-corrected chi connectivity index (χ2v) is 9.46. The minimum atomic E-state index is -3.10. The summed E-state index contributed by atoms with van der Waals surface area (Å²) in [5.74, 6) is -0.00592. The lowest BCUT2D eigenvalue weighted by Crippen LogP contribution is -2.42. The lowest BCUT2D eigenvalue weighted by molar-refractivity contribution is -0.129. The van der Waals surface area contributed by atoms with Gasteiger partial charge in [0.1, 0.15) is 0 Å². The molecule has 9 heteroatoms. The van der Waals surface area contributed by atoms with Crippen LogP contribution in [-0.2, 0) is 19.4 Å². The van der Waals surface area contributed by atoms with Gasteiger partial charge in [0.2, 0.25) is 0 Å². The van der Waals surface area contributed by atoms with Gasteiger partial charge in [-0.05, 0) is 37.5 Å². The third kappa shape index (κ3) is 6.12. The smallest absolute Gasteiger partial charge is 0.339 e. The number of ether oxygens (including phenoxy) is 3. The second kappa shape index (κ2) is 9.27. The predicted molar refractivity (Wildman–Crippen MR) is 103 cm³/mol. The number of nitrogens with one attached hydrogen (secondary N) is 1. The molecule has 0 spiro atoms. The maximum absolute atomic E-state index is 12.4. The van der Waals surface area contributed by atoms with Crippen molar-refractivity contribution in [3.05, 3.63) is 23.8 Å². The first kappa shape index (κ1) is 22.0. The van der Waals surface area contributed by atoms with Crippen LogP contribution < -0.4 is 14.8 Å². The van der Waals surface area contributed by atoms with E-state index in [9.17, 15) is 18.0 Å². The average Bonchev–Trinajstić information content (AvgIpc) is 2.97. The molecule has 156 valence electrons. The van der Waals surface area contributed by atoms with E-state index in [-0.39, 0.29) is 17.1 Å². The number of hydrogen-bond donors (Lipinski definition) is 1. The topological polar surface area (TPSA) is 108 Å². The number of carbonyl (C=O) groups excluding carboxylic acids is 2. The Kier molecular flexibility index (Phi) is 7.29. The predicted octanol–water partition coefficient (Wildman–Crippen LogP) is 1.58. The highest BCUT2D eigenvalue weighted by atomic mass is 32.2. The minimum absolute atomic E-state index is 0.0527. The van der Waals surface area contributed by atoms with Gasteiger partial charge >= 0.3 is 5.97 Å². The SMILES string of the molecule is COc1cc(C(=O)O[C@@H](C)C(=O)N[C@H]2CCS(=O)(=O)C2)ccc1OCC(C)C. The van der Waals surface area contributed by atoms with E-state index in [4.69, 9.17) is 14.2 Å². The number of benzene rings is 1. The molecule has 2 rings (SSSR count). The summed E-state index contributed by atoms with van der Waals surface area (Å²) in [5.41, 5.74) is 0.219. The summed E-state index contributed by atoms with van der Waals surface area (Å²) in [4.78, 5) is 24.5. The van der Waals surface area contributed by atoms with E-state index in [0.717, 1.165) is 0 Å². The highest BCUT2D eigenvalue weighted by Crippen LogP contribution is 2.29. The molecule has 0 aliphatic carbocycles. The number of rotatable bonds is 8. The molecule has 28 heavy (non-hydrogen) atoms. The van der Waals surface area contributed by atoms with Crippen LogP contribution in [0.4, 0.5) is 0 Å². The summed E-state index contributed by atoms with van der Waals surface area (Å²) < 4.78 is 39.0. The molecule has 1 heterocycles. The van der Waals surface area contributed by atoms with Gasteiger partial charge in [0, 0.05) is 6.04 Å². The zero-order valence-corrected chi connectivity index (χ0v) is 17.4. The van der Waals surface area contributed by atoms with E-state index in [1.807, 2.05) is 13.8 Å². The molecule has 0 saturated carbocycles. The summed E-state index contributed by atoms with van der Waals surface area (Å²) in [6.07, 6.45) is -0.692. The zero-order valence-electron chi connectivity index (χ0n) is 16.6. The van der Waals surface area contributed by atoms with Gasteiger partial charge in [-0.2, -0.15) is 0 Å². The van der Waals surface area contributed by atoms with E-state index in [1.54, 1.807) is 6.07 Å². The van der Waals surface area contributed by atoms with Crippen molar-refractivity contribution < 1.29 is 32.2 Å². The maximum Gasteiger partial charge on any atom is 0.339 e. The van der Waals surface area contributed by atoms with Gasteiger partial charge in [0.05, 0.1) is 30.8 Å². The van der Waals surface area contributed by atoms with Crippen molar-refractivity contribution in [2.24, 2.45) is 5.92 Å². The highest BCUT2D eigenvalue weighted by Gasteiger charge is 2.30. The van der Waals surface area contributed by atoms with Gasteiger partial charge in [-0.15, -0.1) is 0 Å². The van der Waals surface area contributed by atoms with Crippen LogP contribution in [0.2, 0.25) is 0 Å². The molecule has 1 aliphatic rings. The fraction of sp³-hybridized carbons (Fsp3) is 0.579. The number of carbonyl (C=O) groups is 2. The molecule has 1 aliphatic heterocycles. The average molecular weight is 413 g/mol. The van der Waals surface area contributed by atoms with Gasteiger partial charge in [0.15, 0.2) is 27.4 Å². The first-order valence-electron chi connectivity index (χ1n) is 9.14. The second-order valence-electron chi connectivity index (χ2n) is 7.23. The van der Waals surface area contributed by atoms with Crippen LogP contribution in [0.15, 0.2) is 18.2 Å². The van der Waals surface area contributed by atoms with Gasteiger partial charge in [-0.3, -0.25) is 4.79 Å². The van der Waals surface area contributed by atoms with Crippen molar-refractivity contribution in [2.45, 2.75) is 39.3 Å². The molecule has 1 N–H and O–H groups in total. The molecule has 0 bridgehead atoms. The summed E-state index contributed by atoms with van der Waals surface area (Å²) >= 11 is 0. The molecule has 1 aromatic carbocycles. The summed E-state index contributed by atoms with van der Waals surface area (Å²) in [7, 11) is -1.63. The number of sulfone groups is 1.